The van der Waals surface area contributed by atoms with Crippen molar-refractivity contribution in [2.45, 2.75) is 12.8 Å². The molecule has 1 unspecified atom stereocenters. The number of rotatable bonds is 3. The van der Waals surface area contributed by atoms with E-state index in [2.05, 4.69) is 10.6 Å². The summed E-state index contributed by atoms with van der Waals surface area (Å²) < 4.78 is 0. The van der Waals surface area contributed by atoms with Gasteiger partial charge in [-0.1, -0.05) is 29.3 Å². The lowest BCUT2D eigenvalue weighted by Crippen LogP contribution is -2.38. The summed E-state index contributed by atoms with van der Waals surface area (Å²) in [5.74, 6) is 0.341. The van der Waals surface area contributed by atoms with E-state index >= 15 is 0 Å². The first-order valence-electron chi connectivity index (χ1n) is 6.11. The standard InChI is InChI=1S/C13H16Cl2N2O/c14-11-5-1-4-10(12(11)15)13(18)17-8-9-3-2-6-16-7-9/h1,4-5,9,16H,2-3,6-8H2,(H,17,18). The summed E-state index contributed by atoms with van der Waals surface area (Å²) in [6, 6.07) is 5.08. The van der Waals surface area contributed by atoms with E-state index in [1.165, 1.54) is 6.42 Å². The van der Waals surface area contributed by atoms with Gasteiger partial charge in [0.25, 0.3) is 5.91 Å². The van der Waals surface area contributed by atoms with Crippen molar-refractivity contribution < 1.29 is 4.79 Å². The summed E-state index contributed by atoms with van der Waals surface area (Å²) in [5, 5.41) is 6.96. The lowest BCUT2D eigenvalue weighted by molar-refractivity contribution is 0.0945. The van der Waals surface area contributed by atoms with E-state index in [0.29, 0.717) is 28.1 Å². The first kappa shape index (κ1) is 13.7. The number of carbonyl (C=O) groups is 1. The zero-order valence-corrected chi connectivity index (χ0v) is 11.5. The molecule has 1 aromatic carbocycles. The minimum Gasteiger partial charge on any atom is -0.352 e. The summed E-state index contributed by atoms with van der Waals surface area (Å²) in [7, 11) is 0. The average Bonchev–Trinajstić information content (AvgIpc) is 2.40. The lowest BCUT2D eigenvalue weighted by atomic mass is 10.00. The molecule has 5 heteroatoms. The van der Waals surface area contributed by atoms with Crippen LogP contribution in [0.2, 0.25) is 10.0 Å². The van der Waals surface area contributed by atoms with E-state index in [-0.39, 0.29) is 5.91 Å². The van der Waals surface area contributed by atoms with Gasteiger partial charge >= 0.3 is 0 Å². The quantitative estimate of drug-likeness (QED) is 0.897. The predicted octanol–water partition coefficient (Wildman–Crippen LogP) is 2.72. The molecule has 0 spiro atoms. The fourth-order valence-electron chi connectivity index (χ4n) is 2.11. The van der Waals surface area contributed by atoms with Crippen LogP contribution < -0.4 is 10.6 Å². The SMILES string of the molecule is O=C(NCC1CCCNC1)c1cccc(Cl)c1Cl. The smallest absolute Gasteiger partial charge is 0.252 e. The van der Waals surface area contributed by atoms with Gasteiger partial charge in [0.15, 0.2) is 0 Å². The number of piperidine rings is 1. The summed E-state index contributed by atoms with van der Waals surface area (Å²) in [6.45, 7) is 2.71. The normalized spacial score (nSPS) is 19.6. The van der Waals surface area contributed by atoms with Gasteiger partial charge < -0.3 is 10.6 Å². The van der Waals surface area contributed by atoms with Gasteiger partial charge in [0.1, 0.15) is 0 Å². The highest BCUT2D eigenvalue weighted by Gasteiger charge is 2.16. The largest absolute Gasteiger partial charge is 0.352 e. The molecule has 2 rings (SSSR count). The fraction of sp³-hybridized carbons (Fsp3) is 0.462. The van der Waals surface area contributed by atoms with Crippen molar-refractivity contribution in [3.63, 3.8) is 0 Å². The van der Waals surface area contributed by atoms with Crippen molar-refractivity contribution in [1.29, 1.82) is 0 Å². The van der Waals surface area contributed by atoms with Crippen LogP contribution in [0, 0.1) is 5.92 Å². The summed E-state index contributed by atoms with van der Waals surface area (Å²) in [6.07, 6.45) is 2.31. The molecule has 3 nitrogen and oxygen atoms in total. The second kappa shape index (κ2) is 6.41. The van der Waals surface area contributed by atoms with Crippen molar-refractivity contribution in [3.8, 4) is 0 Å². The third-order valence-corrected chi connectivity index (χ3v) is 3.97. The van der Waals surface area contributed by atoms with E-state index in [0.717, 1.165) is 19.5 Å². The van der Waals surface area contributed by atoms with Crippen molar-refractivity contribution in [2.24, 2.45) is 5.92 Å². The molecule has 98 valence electrons. The highest BCUT2D eigenvalue weighted by Crippen LogP contribution is 2.25. The van der Waals surface area contributed by atoms with Crippen LogP contribution in [0.3, 0.4) is 0 Å². The second-order valence-corrected chi connectivity index (χ2v) is 5.31. The Morgan fingerprint density at radius 2 is 2.28 bits per heavy atom. The fourth-order valence-corrected chi connectivity index (χ4v) is 2.50. The van der Waals surface area contributed by atoms with E-state index in [1.807, 2.05) is 0 Å². The Balaban J connectivity index is 1.93. The molecule has 1 atom stereocenters. The summed E-state index contributed by atoms with van der Waals surface area (Å²) in [4.78, 5) is 12.0. The number of nitrogens with one attached hydrogen (secondary N) is 2. The molecule has 0 bridgehead atoms. The average molecular weight is 287 g/mol. The molecule has 0 saturated carbocycles. The zero-order chi connectivity index (χ0) is 13.0. The van der Waals surface area contributed by atoms with Crippen LogP contribution in [0.5, 0.6) is 0 Å². The van der Waals surface area contributed by atoms with Gasteiger partial charge in [0.05, 0.1) is 15.6 Å². The minimum atomic E-state index is -0.159. The van der Waals surface area contributed by atoms with E-state index in [4.69, 9.17) is 23.2 Å². The highest BCUT2D eigenvalue weighted by molar-refractivity contribution is 6.43. The van der Waals surface area contributed by atoms with Gasteiger partial charge in [-0.2, -0.15) is 0 Å². The molecule has 1 amide bonds. The first-order chi connectivity index (χ1) is 8.68. The number of benzene rings is 1. The lowest BCUT2D eigenvalue weighted by Gasteiger charge is -2.22. The summed E-state index contributed by atoms with van der Waals surface area (Å²) in [5.41, 5.74) is 0.438. The van der Waals surface area contributed by atoms with Gasteiger partial charge in [-0.15, -0.1) is 0 Å². The van der Waals surface area contributed by atoms with E-state index in [9.17, 15) is 4.79 Å². The molecule has 1 fully saturated rings. The Labute approximate surface area is 117 Å². The molecule has 1 heterocycles. The highest BCUT2D eigenvalue weighted by atomic mass is 35.5. The molecular formula is C13H16Cl2N2O. The molecule has 0 aromatic heterocycles. The molecule has 1 saturated heterocycles. The van der Waals surface area contributed by atoms with Crippen LogP contribution in [0.25, 0.3) is 0 Å². The minimum absolute atomic E-state index is 0.159. The predicted molar refractivity (Wildman–Crippen MR) is 74.4 cm³/mol. The van der Waals surface area contributed by atoms with Gasteiger partial charge in [0.2, 0.25) is 0 Å². The molecule has 0 aliphatic carbocycles. The Bertz CT molecular complexity index is 431. The number of amides is 1. The Morgan fingerprint density at radius 1 is 1.44 bits per heavy atom. The Kier molecular flexibility index (Phi) is 4.87. The molecule has 2 N–H and O–H groups in total. The van der Waals surface area contributed by atoms with Crippen LogP contribution in [0.4, 0.5) is 0 Å². The molecule has 18 heavy (non-hydrogen) atoms. The van der Waals surface area contributed by atoms with Crippen LogP contribution >= 0.6 is 23.2 Å². The van der Waals surface area contributed by atoms with Gasteiger partial charge in [0, 0.05) is 6.54 Å². The molecule has 0 radical (unpaired) electrons. The van der Waals surface area contributed by atoms with Gasteiger partial charge in [-0.05, 0) is 44.0 Å². The van der Waals surface area contributed by atoms with E-state index in [1.54, 1.807) is 18.2 Å². The van der Waals surface area contributed by atoms with Crippen molar-refractivity contribution in [2.75, 3.05) is 19.6 Å². The maximum Gasteiger partial charge on any atom is 0.252 e. The topological polar surface area (TPSA) is 41.1 Å². The van der Waals surface area contributed by atoms with Gasteiger partial charge in [-0.25, -0.2) is 0 Å². The van der Waals surface area contributed by atoms with Crippen LogP contribution in [0.1, 0.15) is 23.2 Å². The number of halogens is 2. The Morgan fingerprint density at radius 3 is 3.00 bits per heavy atom. The number of hydrogen-bond donors (Lipinski definition) is 2. The summed E-state index contributed by atoms with van der Waals surface area (Å²) >= 11 is 11.9. The third kappa shape index (κ3) is 3.37. The molecule has 1 aliphatic heterocycles. The molecule has 1 aromatic rings. The maximum atomic E-state index is 12.0. The maximum absolute atomic E-state index is 12.0. The molecular weight excluding hydrogens is 271 g/mol. The van der Waals surface area contributed by atoms with Crippen molar-refractivity contribution in [1.82, 2.24) is 10.6 Å². The van der Waals surface area contributed by atoms with Crippen LogP contribution in [0.15, 0.2) is 18.2 Å². The second-order valence-electron chi connectivity index (χ2n) is 4.52. The monoisotopic (exact) mass is 286 g/mol. The van der Waals surface area contributed by atoms with Crippen molar-refractivity contribution >= 4 is 29.1 Å². The molecule has 1 aliphatic rings. The number of carbonyl (C=O) groups excluding carboxylic acids is 1. The van der Waals surface area contributed by atoms with Crippen molar-refractivity contribution in [3.05, 3.63) is 33.8 Å². The first-order valence-corrected chi connectivity index (χ1v) is 6.87. The Hall–Kier alpha value is -0.770. The number of hydrogen-bond acceptors (Lipinski definition) is 2. The third-order valence-electron chi connectivity index (χ3n) is 3.15. The van der Waals surface area contributed by atoms with Crippen LogP contribution in [-0.2, 0) is 0 Å². The van der Waals surface area contributed by atoms with Gasteiger partial charge in [-0.3, -0.25) is 4.79 Å². The van der Waals surface area contributed by atoms with E-state index < -0.39 is 0 Å². The van der Waals surface area contributed by atoms with Crippen LogP contribution in [-0.4, -0.2) is 25.5 Å². The zero-order valence-electron chi connectivity index (χ0n) is 10.0.